The fraction of sp³-hybridized carbons (Fsp3) is 0. The summed E-state index contributed by atoms with van der Waals surface area (Å²) in [6.45, 7) is 0. The Bertz CT molecular complexity index is 3510. The molecule has 0 aliphatic rings. The highest BCUT2D eigenvalue weighted by molar-refractivity contribution is 6.12. The second-order valence-corrected chi connectivity index (χ2v) is 14.6. The second-order valence-electron chi connectivity index (χ2n) is 14.6. The van der Waals surface area contributed by atoms with E-state index in [2.05, 4.69) is 156 Å². The Labute approximate surface area is 326 Å². The highest BCUT2D eigenvalue weighted by Crippen LogP contribution is 2.40. The standard InChI is InChI=1S/C52H31N3O2/c1-4-12-32(13-5-1)34-21-26-48-43(30-34)50-51(57-48)49(33-14-6-2-7-15-33)53-52(54-50)37-23-27-47-42(31-37)41-29-36(22-25-46(41)56-47)35-20-24-45-40(28-35)39-18-10-11-19-44(39)55(45)38-16-8-3-9-17-38/h1-31H. The number of aromatic nitrogens is 3. The van der Waals surface area contributed by atoms with Crippen molar-refractivity contribution in [2.75, 3.05) is 0 Å². The van der Waals surface area contributed by atoms with Crippen molar-refractivity contribution in [3.8, 4) is 50.6 Å². The maximum Gasteiger partial charge on any atom is 0.180 e. The summed E-state index contributed by atoms with van der Waals surface area (Å²) in [5, 5.41) is 5.46. The van der Waals surface area contributed by atoms with Gasteiger partial charge in [-0.05, 0) is 95.1 Å². The molecule has 0 spiro atoms. The molecule has 12 rings (SSSR count). The molecule has 0 bridgehead atoms. The first kappa shape index (κ1) is 31.6. The van der Waals surface area contributed by atoms with E-state index in [1.165, 1.54) is 21.8 Å². The maximum atomic E-state index is 6.52. The van der Waals surface area contributed by atoms with Gasteiger partial charge in [-0.3, -0.25) is 0 Å². The van der Waals surface area contributed by atoms with Gasteiger partial charge in [0.1, 0.15) is 28.0 Å². The molecule has 4 heterocycles. The lowest BCUT2D eigenvalue weighted by Gasteiger charge is -2.08. The minimum absolute atomic E-state index is 0.627. The molecule has 12 aromatic rings. The lowest BCUT2D eigenvalue weighted by atomic mass is 10.00. The van der Waals surface area contributed by atoms with Gasteiger partial charge < -0.3 is 13.4 Å². The van der Waals surface area contributed by atoms with Gasteiger partial charge in [0.25, 0.3) is 0 Å². The van der Waals surface area contributed by atoms with Crippen LogP contribution < -0.4 is 0 Å². The number of furan rings is 2. The molecule has 5 heteroatoms. The van der Waals surface area contributed by atoms with Gasteiger partial charge in [0.2, 0.25) is 0 Å². The maximum absolute atomic E-state index is 6.52. The van der Waals surface area contributed by atoms with Crippen molar-refractivity contribution >= 4 is 65.8 Å². The van der Waals surface area contributed by atoms with Gasteiger partial charge in [0.15, 0.2) is 11.4 Å². The lowest BCUT2D eigenvalue weighted by Crippen LogP contribution is -1.93. The third-order valence-electron chi connectivity index (χ3n) is 11.2. The molecule has 0 atom stereocenters. The second kappa shape index (κ2) is 12.4. The van der Waals surface area contributed by atoms with E-state index >= 15 is 0 Å². The van der Waals surface area contributed by atoms with Crippen molar-refractivity contribution in [3.05, 3.63) is 188 Å². The largest absolute Gasteiger partial charge is 0.456 e. The summed E-state index contributed by atoms with van der Waals surface area (Å²) in [6.07, 6.45) is 0. The number of nitrogens with zero attached hydrogens (tertiary/aromatic N) is 3. The summed E-state index contributed by atoms with van der Waals surface area (Å²) in [5.74, 6) is 0.627. The molecular weight excluding hydrogens is 699 g/mol. The zero-order valence-corrected chi connectivity index (χ0v) is 30.6. The van der Waals surface area contributed by atoms with Crippen LogP contribution in [-0.4, -0.2) is 14.5 Å². The Hall–Kier alpha value is -7.76. The van der Waals surface area contributed by atoms with E-state index in [-0.39, 0.29) is 0 Å². The van der Waals surface area contributed by atoms with Crippen LogP contribution in [0.15, 0.2) is 197 Å². The molecule has 0 N–H and O–H groups in total. The van der Waals surface area contributed by atoms with Gasteiger partial charge in [-0.1, -0.05) is 115 Å². The highest BCUT2D eigenvalue weighted by Gasteiger charge is 2.20. The predicted molar refractivity (Wildman–Crippen MR) is 233 cm³/mol. The minimum Gasteiger partial charge on any atom is -0.456 e. The lowest BCUT2D eigenvalue weighted by molar-refractivity contribution is 0.667. The van der Waals surface area contributed by atoms with Crippen LogP contribution in [0.3, 0.4) is 0 Å². The first-order valence-corrected chi connectivity index (χ1v) is 19.1. The molecule has 0 fully saturated rings. The Balaban J connectivity index is 1.02. The molecule has 0 unspecified atom stereocenters. The molecule has 266 valence electrons. The van der Waals surface area contributed by atoms with Crippen LogP contribution in [0.5, 0.6) is 0 Å². The van der Waals surface area contributed by atoms with E-state index in [1.807, 2.05) is 36.4 Å². The zero-order valence-electron chi connectivity index (χ0n) is 30.6. The smallest absolute Gasteiger partial charge is 0.180 e. The van der Waals surface area contributed by atoms with E-state index in [4.69, 9.17) is 18.8 Å². The van der Waals surface area contributed by atoms with Gasteiger partial charge in [-0.15, -0.1) is 0 Å². The number of hydrogen-bond donors (Lipinski definition) is 0. The normalized spacial score (nSPS) is 11.9. The summed E-state index contributed by atoms with van der Waals surface area (Å²) >= 11 is 0. The molecular formula is C52H31N3O2. The number of rotatable bonds is 5. The summed E-state index contributed by atoms with van der Waals surface area (Å²) in [7, 11) is 0. The van der Waals surface area contributed by atoms with Crippen molar-refractivity contribution in [1.82, 2.24) is 14.5 Å². The first-order valence-electron chi connectivity index (χ1n) is 19.1. The molecule has 5 nitrogen and oxygen atoms in total. The fourth-order valence-electron chi connectivity index (χ4n) is 8.48. The molecule has 0 aliphatic carbocycles. The van der Waals surface area contributed by atoms with Crippen molar-refractivity contribution in [2.45, 2.75) is 0 Å². The van der Waals surface area contributed by atoms with Gasteiger partial charge in [0, 0.05) is 43.7 Å². The Kier molecular flexibility index (Phi) is 6.86. The van der Waals surface area contributed by atoms with E-state index in [9.17, 15) is 0 Å². The number of hydrogen-bond acceptors (Lipinski definition) is 4. The molecule has 0 radical (unpaired) electrons. The molecule has 8 aromatic carbocycles. The van der Waals surface area contributed by atoms with Crippen LogP contribution in [0.25, 0.3) is 116 Å². The summed E-state index contributed by atoms with van der Waals surface area (Å²) in [6, 6.07) is 65.6. The topological polar surface area (TPSA) is 57.0 Å². The quantitative estimate of drug-likeness (QED) is 0.177. The minimum atomic E-state index is 0.627. The van der Waals surface area contributed by atoms with Crippen molar-refractivity contribution in [3.63, 3.8) is 0 Å². The SMILES string of the molecule is c1ccc(-c2ccc3oc4c(-c5ccccc5)nc(-c5ccc6oc7ccc(-c8ccc9c(c8)c8ccccc8n9-c8ccccc8)cc7c6c5)nc4c3c2)cc1. The molecule has 4 aromatic heterocycles. The van der Waals surface area contributed by atoms with Gasteiger partial charge in [-0.2, -0.15) is 0 Å². The third kappa shape index (κ3) is 5.03. The van der Waals surface area contributed by atoms with Crippen molar-refractivity contribution < 1.29 is 8.83 Å². The Morgan fingerprint density at radius 2 is 0.877 bits per heavy atom. The van der Waals surface area contributed by atoms with Crippen molar-refractivity contribution in [1.29, 1.82) is 0 Å². The van der Waals surface area contributed by atoms with Crippen LogP contribution in [0, 0.1) is 0 Å². The molecule has 0 saturated heterocycles. The van der Waals surface area contributed by atoms with Crippen LogP contribution >= 0.6 is 0 Å². The number of fused-ring (bicyclic) bond motifs is 9. The Morgan fingerprint density at radius 3 is 1.61 bits per heavy atom. The van der Waals surface area contributed by atoms with Crippen LogP contribution in [0.1, 0.15) is 0 Å². The van der Waals surface area contributed by atoms with E-state index in [0.29, 0.717) is 11.4 Å². The average Bonchev–Trinajstić information content (AvgIpc) is 3.95. The van der Waals surface area contributed by atoms with Gasteiger partial charge >= 0.3 is 0 Å². The molecule has 0 saturated carbocycles. The predicted octanol–water partition coefficient (Wildman–Crippen LogP) is 14.0. The highest BCUT2D eigenvalue weighted by atomic mass is 16.3. The van der Waals surface area contributed by atoms with Crippen LogP contribution in [-0.2, 0) is 0 Å². The molecule has 57 heavy (non-hydrogen) atoms. The van der Waals surface area contributed by atoms with Gasteiger partial charge in [-0.25, -0.2) is 9.97 Å². The molecule has 0 amide bonds. The fourth-order valence-corrected chi connectivity index (χ4v) is 8.48. The van der Waals surface area contributed by atoms with E-state index < -0.39 is 0 Å². The van der Waals surface area contributed by atoms with Gasteiger partial charge in [0.05, 0.1) is 11.0 Å². The van der Waals surface area contributed by atoms with E-state index in [1.54, 1.807) is 0 Å². The first-order chi connectivity index (χ1) is 28.2. The summed E-state index contributed by atoms with van der Waals surface area (Å²) in [4.78, 5) is 10.4. The summed E-state index contributed by atoms with van der Waals surface area (Å²) in [5.41, 5.74) is 14.6. The zero-order chi connectivity index (χ0) is 37.5. The monoisotopic (exact) mass is 729 g/mol. The van der Waals surface area contributed by atoms with Crippen molar-refractivity contribution in [2.24, 2.45) is 0 Å². The number of benzene rings is 8. The number of para-hydroxylation sites is 2. The Morgan fingerprint density at radius 1 is 0.351 bits per heavy atom. The van der Waals surface area contributed by atoms with Crippen LogP contribution in [0.2, 0.25) is 0 Å². The van der Waals surface area contributed by atoms with Crippen LogP contribution in [0.4, 0.5) is 0 Å². The molecule has 0 aliphatic heterocycles. The van der Waals surface area contributed by atoms with E-state index in [0.717, 1.165) is 83.2 Å². The third-order valence-corrected chi connectivity index (χ3v) is 11.2. The average molecular weight is 730 g/mol. The summed E-state index contributed by atoms with van der Waals surface area (Å²) < 4.78 is 15.3.